The fraction of sp³-hybridized carbons (Fsp3) is 0.579. The van der Waals surface area contributed by atoms with E-state index in [1.54, 1.807) is 15.8 Å². The minimum absolute atomic E-state index is 0.922. The van der Waals surface area contributed by atoms with Crippen molar-refractivity contribution >= 4 is 11.4 Å². The van der Waals surface area contributed by atoms with E-state index >= 15 is 0 Å². The summed E-state index contributed by atoms with van der Waals surface area (Å²) >= 11 is 0. The Morgan fingerprint density at radius 3 is 1.15 bits per heavy atom. The Morgan fingerprint density at radius 2 is 0.825 bits per heavy atom. The summed E-state index contributed by atoms with van der Waals surface area (Å²) < 4.78 is 1.59. The first-order valence-electron chi connectivity index (χ1n) is 16.7. The quantitative estimate of drug-likeness (QED) is 0.189. The topological polar surface area (TPSA) is 25.3 Å². The first-order chi connectivity index (χ1) is 19.4. The van der Waals surface area contributed by atoms with Gasteiger partial charge in [0, 0.05) is 22.3 Å². The van der Waals surface area contributed by atoms with Gasteiger partial charge in [-0.25, -0.2) is 4.70 Å². The molecule has 0 saturated heterocycles. The van der Waals surface area contributed by atoms with Gasteiger partial charge in [-0.05, 0) is 128 Å². The van der Waals surface area contributed by atoms with Gasteiger partial charge in [0.25, 0.3) is 0 Å². The number of unbranched alkanes of at least 4 members (excludes halogenated alkanes) is 3. The molecule has 2 nitrogen and oxygen atoms in total. The van der Waals surface area contributed by atoms with E-state index in [-0.39, 0.29) is 0 Å². The highest BCUT2D eigenvalue weighted by Crippen LogP contribution is 2.45. The number of benzene rings is 2. The van der Waals surface area contributed by atoms with Crippen LogP contribution in [0.15, 0.2) is 35.4 Å². The van der Waals surface area contributed by atoms with Crippen molar-refractivity contribution in [1.82, 2.24) is 0 Å². The van der Waals surface area contributed by atoms with Gasteiger partial charge in [0.2, 0.25) is 11.4 Å². The van der Waals surface area contributed by atoms with E-state index in [2.05, 4.69) is 79.7 Å². The number of nitrogens with zero attached hydrogens (tertiary/aromatic N) is 2. The Labute approximate surface area is 246 Å². The molecule has 2 aromatic rings. The summed E-state index contributed by atoms with van der Waals surface area (Å²) in [7, 11) is 0. The summed E-state index contributed by atoms with van der Waals surface area (Å²) in [5.41, 5.74) is 28.1. The lowest BCUT2D eigenvalue weighted by molar-refractivity contribution is -0.345. The third-order valence-electron chi connectivity index (χ3n) is 8.99. The molecule has 0 atom stereocenters. The van der Waals surface area contributed by atoms with Crippen LogP contribution in [0.4, 0.5) is 0 Å². The second-order valence-corrected chi connectivity index (χ2v) is 11.6. The van der Waals surface area contributed by atoms with Crippen molar-refractivity contribution in [2.45, 2.75) is 145 Å². The number of aryl methyl sites for hydroxylation is 4. The molecule has 0 fully saturated rings. The molecule has 2 heteroatoms. The molecule has 0 unspecified atom stereocenters. The minimum atomic E-state index is 0.922. The molecule has 0 radical (unpaired) electrons. The van der Waals surface area contributed by atoms with Crippen LogP contribution in [0.25, 0.3) is 16.9 Å². The Balaban J connectivity index is 2.23. The zero-order valence-electron chi connectivity index (χ0n) is 27.1. The molecule has 1 aliphatic heterocycles. The fourth-order valence-corrected chi connectivity index (χ4v) is 6.73. The summed E-state index contributed by atoms with van der Waals surface area (Å²) in [6.45, 7) is 18.2. The highest BCUT2D eigenvalue weighted by molar-refractivity contribution is 5.83. The second kappa shape index (κ2) is 15.5. The predicted molar refractivity (Wildman–Crippen MR) is 175 cm³/mol. The Morgan fingerprint density at radius 1 is 0.475 bits per heavy atom. The third-order valence-corrected chi connectivity index (χ3v) is 8.99. The molecule has 0 aliphatic carbocycles. The number of hydrogen-bond donors (Lipinski definition) is 0. The molecule has 218 valence electrons. The molecule has 40 heavy (non-hydrogen) atoms. The molecule has 0 N–H and O–H groups in total. The highest BCUT2D eigenvalue weighted by atomic mass is 15.2. The monoisotopic (exact) mass is 540 g/mol. The van der Waals surface area contributed by atoms with Crippen LogP contribution in [0, 0.1) is 0 Å². The summed E-state index contributed by atoms with van der Waals surface area (Å²) in [6, 6.07) is 9.57. The lowest BCUT2D eigenvalue weighted by Gasteiger charge is -2.18. The molecule has 0 aromatic heterocycles. The average Bonchev–Trinajstić information content (AvgIpc) is 3.27. The maximum absolute atomic E-state index is 12.1. The van der Waals surface area contributed by atoms with Gasteiger partial charge in [0.1, 0.15) is 0 Å². The van der Waals surface area contributed by atoms with Gasteiger partial charge in [0.05, 0.1) is 0 Å². The van der Waals surface area contributed by atoms with Crippen molar-refractivity contribution in [3.05, 3.63) is 85.5 Å². The lowest BCUT2D eigenvalue weighted by atomic mass is 9.88. The van der Waals surface area contributed by atoms with Crippen LogP contribution in [0.5, 0.6) is 0 Å². The molecule has 0 spiro atoms. The van der Waals surface area contributed by atoms with Crippen molar-refractivity contribution in [3.8, 4) is 0 Å². The van der Waals surface area contributed by atoms with Gasteiger partial charge in [-0.15, -0.1) is 0 Å². The van der Waals surface area contributed by atoms with Gasteiger partial charge in [0.15, 0.2) is 0 Å². The van der Waals surface area contributed by atoms with E-state index in [1.165, 1.54) is 70.2 Å². The van der Waals surface area contributed by atoms with E-state index in [4.69, 9.17) is 0 Å². The van der Waals surface area contributed by atoms with E-state index in [1.807, 2.05) is 0 Å². The van der Waals surface area contributed by atoms with E-state index in [9.17, 15) is 5.53 Å². The molecular formula is C38H56N2. The largest absolute Gasteiger partial charge is 0.493 e. The summed E-state index contributed by atoms with van der Waals surface area (Å²) in [4.78, 5) is 0. The van der Waals surface area contributed by atoms with Gasteiger partial charge in [-0.3, -0.25) is 0 Å². The average molecular weight is 541 g/mol. The first kappa shape index (κ1) is 32.0. The van der Waals surface area contributed by atoms with E-state index in [0.29, 0.717) is 0 Å². The molecule has 1 heterocycles. The molecule has 2 aromatic carbocycles. The first-order valence-corrected chi connectivity index (χ1v) is 16.7. The summed E-state index contributed by atoms with van der Waals surface area (Å²) in [5.74, 6) is 0. The fourth-order valence-electron chi connectivity index (χ4n) is 6.73. The smallest absolute Gasteiger partial charge is 0.211 e. The van der Waals surface area contributed by atoms with Gasteiger partial charge in [-0.1, -0.05) is 74.7 Å². The minimum Gasteiger partial charge on any atom is -0.493 e. The van der Waals surface area contributed by atoms with Crippen molar-refractivity contribution in [3.63, 3.8) is 0 Å². The van der Waals surface area contributed by atoms with Gasteiger partial charge >= 0.3 is 0 Å². The third kappa shape index (κ3) is 6.69. The summed E-state index contributed by atoms with van der Waals surface area (Å²) in [6.07, 6.45) is 15.5. The van der Waals surface area contributed by atoms with Crippen LogP contribution in [0.2, 0.25) is 0 Å². The number of hydrogen-bond acceptors (Lipinski definition) is 0. The van der Waals surface area contributed by atoms with Crippen LogP contribution >= 0.6 is 0 Å². The maximum atomic E-state index is 12.1. The number of rotatable bonds is 16. The van der Waals surface area contributed by atoms with Gasteiger partial charge in [-0.2, -0.15) is 0 Å². The van der Waals surface area contributed by atoms with Gasteiger partial charge < -0.3 is 5.53 Å². The van der Waals surface area contributed by atoms with E-state index < -0.39 is 0 Å². The number of allylic oxidation sites excluding steroid dienone is 2. The van der Waals surface area contributed by atoms with Crippen molar-refractivity contribution in [1.29, 1.82) is 0 Å². The molecule has 0 saturated carbocycles. The van der Waals surface area contributed by atoms with Crippen molar-refractivity contribution < 1.29 is 4.70 Å². The molecule has 3 rings (SSSR count). The molecule has 0 bridgehead atoms. The summed E-state index contributed by atoms with van der Waals surface area (Å²) in [5, 5.41) is 0. The second-order valence-electron chi connectivity index (χ2n) is 11.6. The van der Waals surface area contributed by atoms with Crippen molar-refractivity contribution in [2.75, 3.05) is 0 Å². The maximum Gasteiger partial charge on any atom is 0.211 e. The zero-order valence-corrected chi connectivity index (χ0v) is 27.1. The zero-order chi connectivity index (χ0) is 29.2. The Hall–Kier alpha value is -2.48. The molecule has 1 aliphatic rings. The van der Waals surface area contributed by atoms with Crippen LogP contribution in [0.3, 0.4) is 0 Å². The lowest BCUT2D eigenvalue weighted by Crippen LogP contribution is -2.08. The Bertz CT molecular complexity index is 1190. The Kier molecular flexibility index (Phi) is 12.4. The van der Waals surface area contributed by atoms with Crippen LogP contribution < -0.4 is 0 Å². The standard InChI is InChI=1S/C38H56N2/c1-9-17-20-34-27(12-4)23-31(24-28(34)13-5)37-33(16-8)36(22-19-11-3)38(40(37)39)32-25-29(14-6)35(21-18-10-2)30(15-7)26-32/h23-26H,9-22H2,1-8H3. The molecular weight excluding hydrogens is 484 g/mol. The molecule has 0 amide bonds. The SMILES string of the molecule is CCCCC1=C(c2cc(CC)c(CCCC)c(CC)c2)[N+](=[N-])C(c2cc(CC)c(CCCC)c(CC)c2)=C1CC. The predicted octanol–water partition coefficient (Wildman–Crippen LogP) is 11.4. The van der Waals surface area contributed by atoms with Crippen LogP contribution in [0.1, 0.15) is 151 Å². The van der Waals surface area contributed by atoms with Crippen LogP contribution in [-0.4, -0.2) is 4.70 Å². The van der Waals surface area contributed by atoms with Crippen molar-refractivity contribution in [2.24, 2.45) is 0 Å². The van der Waals surface area contributed by atoms with E-state index in [0.717, 1.165) is 75.6 Å². The normalized spacial score (nSPS) is 13.8. The van der Waals surface area contributed by atoms with Crippen LogP contribution in [-0.2, 0) is 38.5 Å². The highest BCUT2D eigenvalue weighted by Gasteiger charge is 2.35.